The van der Waals surface area contributed by atoms with Crippen molar-refractivity contribution in [1.29, 1.82) is 0 Å². The number of aromatic nitrogens is 2. The molecule has 0 aliphatic carbocycles. The van der Waals surface area contributed by atoms with Gasteiger partial charge in [0.2, 0.25) is 0 Å². The standard InChI is InChI=1S/C8H13N3.ClH/c1-2-5-9-7(3-1)8-4-6-10-11-8;/h4,6-7,9H,1-3,5H2,(H,10,11);1H. The molecule has 1 atom stereocenters. The Balaban J connectivity index is 0.000000720. The summed E-state index contributed by atoms with van der Waals surface area (Å²) in [6.45, 7) is 1.14. The van der Waals surface area contributed by atoms with Crippen LogP contribution in [0.25, 0.3) is 0 Å². The highest BCUT2D eigenvalue weighted by molar-refractivity contribution is 5.85. The second kappa shape index (κ2) is 4.48. The van der Waals surface area contributed by atoms with E-state index in [9.17, 15) is 0 Å². The molecule has 1 aliphatic heterocycles. The molecule has 1 saturated heterocycles. The van der Waals surface area contributed by atoms with E-state index in [1.807, 2.05) is 12.3 Å². The van der Waals surface area contributed by atoms with Crippen molar-refractivity contribution in [3.63, 3.8) is 0 Å². The molecule has 12 heavy (non-hydrogen) atoms. The third-order valence-electron chi connectivity index (χ3n) is 2.21. The minimum absolute atomic E-state index is 0. The number of hydrogen-bond acceptors (Lipinski definition) is 2. The lowest BCUT2D eigenvalue weighted by Crippen LogP contribution is -2.26. The monoisotopic (exact) mass is 187 g/mol. The van der Waals surface area contributed by atoms with E-state index in [0.717, 1.165) is 6.54 Å². The molecule has 2 heterocycles. The number of hydrogen-bond donors (Lipinski definition) is 2. The summed E-state index contributed by atoms with van der Waals surface area (Å²) >= 11 is 0. The molecule has 1 fully saturated rings. The average Bonchev–Trinajstić information content (AvgIpc) is 2.58. The van der Waals surface area contributed by atoms with Crippen LogP contribution in [0.1, 0.15) is 31.0 Å². The van der Waals surface area contributed by atoms with Gasteiger partial charge in [0.25, 0.3) is 0 Å². The van der Waals surface area contributed by atoms with Gasteiger partial charge in [0.1, 0.15) is 0 Å². The quantitative estimate of drug-likeness (QED) is 0.702. The molecule has 0 aromatic carbocycles. The van der Waals surface area contributed by atoms with Gasteiger partial charge in [-0.15, -0.1) is 12.4 Å². The number of nitrogens with zero attached hydrogens (tertiary/aromatic N) is 1. The highest BCUT2D eigenvalue weighted by atomic mass is 35.5. The predicted octanol–water partition coefficient (Wildman–Crippen LogP) is 1.65. The number of rotatable bonds is 1. The Labute approximate surface area is 78.4 Å². The van der Waals surface area contributed by atoms with Crippen LogP contribution in [0.4, 0.5) is 0 Å². The zero-order valence-electron chi connectivity index (χ0n) is 6.92. The maximum atomic E-state index is 3.93. The van der Waals surface area contributed by atoms with Gasteiger partial charge in [-0.05, 0) is 25.5 Å². The second-order valence-corrected chi connectivity index (χ2v) is 3.01. The summed E-state index contributed by atoms with van der Waals surface area (Å²) in [5, 5.41) is 10.4. The van der Waals surface area contributed by atoms with Gasteiger partial charge in [-0.1, -0.05) is 6.42 Å². The first kappa shape index (κ1) is 9.55. The van der Waals surface area contributed by atoms with Crippen molar-refractivity contribution >= 4 is 12.4 Å². The highest BCUT2D eigenvalue weighted by Gasteiger charge is 2.14. The molecule has 0 spiro atoms. The molecule has 1 aliphatic rings. The van der Waals surface area contributed by atoms with Crippen LogP contribution in [0.3, 0.4) is 0 Å². The van der Waals surface area contributed by atoms with Crippen molar-refractivity contribution in [1.82, 2.24) is 15.5 Å². The fourth-order valence-electron chi connectivity index (χ4n) is 1.58. The molecule has 3 nitrogen and oxygen atoms in total. The molecule has 68 valence electrons. The lowest BCUT2D eigenvalue weighted by Gasteiger charge is -2.21. The summed E-state index contributed by atoms with van der Waals surface area (Å²) in [5.41, 5.74) is 1.23. The molecule has 0 amide bonds. The third kappa shape index (κ3) is 1.99. The Hall–Kier alpha value is -0.540. The van der Waals surface area contributed by atoms with E-state index in [1.54, 1.807) is 0 Å². The van der Waals surface area contributed by atoms with Gasteiger partial charge in [0, 0.05) is 12.2 Å². The molecule has 0 bridgehead atoms. The third-order valence-corrected chi connectivity index (χ3v) is 2.21. The normalized spacial score (nSPS) is 23.2. The second-order valence-electron chi connectivity index (χ2n) is 3.01. The molecule has 1 aromatic rings. The van der Waals surface area contributed by atoms with Crippen molar-refractivity contribution in [2.24, 2.45) is 0 Å². The Kier molecular flexibility index (Phi) is 3.56. The Morgan fingerprint density at radius 3 is 2.92 bits per heavy atom. The van der Waals surface area contributed by atoms with E-state index in [0.29, 0.717) is 6.04 Å². The molecule has 1 aromatic heterocycles. The maximum Gasteiger partial charge on any atom is 0.0521 e. The Morgan fingerprint density at radius 1 is 1.42 bits per heavy atom. The first-order chi connectivity index (χ1) is 5.47. The average molecular weight is 188 g/mol. The van der Waals surface area contributed by atoms with E-state index in [-0.39, 0.29) is 12.4 Å². The van der Waals surface area contributed by atoms with Gasteiger partial charge < -0.3 is 5.32 Å². The van der Waals surface area contributed by atoms with Gasteiger partial charge in [-0.2, -0.15) is 5.10 Å². The summed E-state index contributed by atoms with van der Waals surface area (Å²) in [6, 6.07) is 2.56. The van der Waals surface area contributed by atoms with Gasteiger partial charge in [-0.3, -0.25) is 5.10 Å². The van der Waals surface area contributed by atoms with Crippen LogP contribution < -0.4 is 5.32 Å². The van der Waals surface area contributed by atoms with Crippen LogP contribution in [0.2, 0.25) is 0 Å². The smallest absolute Gasteiger partial charge is 0.0521 e. The molecular formula is C8H14ClN3. The molecule has 0 radical (unpaired) electrons. The molecule has 4 heteroatoms. The van der Waals surface area contributed by atoms with Gasteiger partial charge >= 0.3 is 0 Å². The topological polar surface area (TPSA) is 40.7 Å². The summed E-state index contributed by atoms with van der Waals surface area (Å²) in [7, 11) is 0. The van der Waals surface area contributed by atoms with Gasteiger partial charge in [0.05, 0.1) is 5.69 Å². The first-order valence-corrected chi connectivity index (χ1v) is 4.19. The summed E-state index contributed by atoms with van der Waals surface area (Å²) in [5.74, 6) is 0. The first-order valence-electron chi connectivity index (χ1n) is 4.19. The van der Waals surface area contributed by atoms with E-state index in [1.165, 1.54) is 25.0 Å². The van der Waals surface area contributed by atoms with E-state index < -0.39 is 0 Å². The van der Waals surface area contributed by atoms with Crippen LogP contribution in [-0.4, -0.2) is 16.7 Å². The SMILES string of the molecule is Cl.c1cc(C2CCCCN2)[nH]n1. The van der Waals surface area contributed by atoms with Crippen molar-refractivity contribution in [3.05, 3.63) is 18.0 Å². The molecule has 2 rings (SSSR count). The van der Waals surface area contributed by atoms with Crippen molar-refractivity contribution in [2.75, 3.05) is 6.54 Å². The zero-order chi connectivity index (χ0) is 7.52. The number of aromatic amines is 1. The highest BCUT2D eigenvalue weighted by Crippen LogP contribution is 2.19. The Morgan fingerprint density at radius 2 is 2.33 bits per heavy atom. The molecule has 0 saturated carbocycles. The van der Waals surface area contributed by atoms with Crippen LogP contribution in [0.5, 0.6) is 0 Å². The fourth-order valence-corrected chi connectivity index (χ4v) is 1.58. The summed E-state index contributed by atoms with van der Waals surface area (Å²) in [4.78, 5) is 0. The van der Waals surface area contributed by atoms with E-state index in [2.05, 4.69) is 15.5 Å². The molecule has 2 N–H and O–H groups in total. The molecular weight excluding hydrogens is 174 g/mol. The number of nitrogens with one attached hydrogen (secondary N) is 2. The summed E-state index contributed by atoms with van der Waals surface area (Å²) in [6.07, 6.45) is 5.69. The van der Waals surface area contributed by atoms with E-state index in [4.69, 9.17) is 0 Å². The Bertz CT molecular complexity index is 204. The van der Waals surface area contributed by atoms with Gasteiger partial charge in [0.15, 0.2) is 0 Å². The van der Waals surface area contributed by atoms with Crippen LogP contribution in [0, 0.1) is 0 Å². The minimum Gasteiger partial charge on any atom is -0.309 e. The van der Waals surface area contributed by atoms with Gasteiger partial charge in [-0.25, -0.2) is 0 Å². The van der Waals surface area contributed by atoms with Crippen LogP contribution >= 0.6 is 12.4 Å². The fraction of sp³-hybridized carbons (Fsp3) is 0.625. The zero-order valence-corrected chi connectivity index (χ0v) is 7.73. The lowest BCUT2D eigenvalue weighted by atomic mass is 10.0. The van der Waals surface area contributed by atoms with Crippen LogP contribution in [0.15, 0.2) is 12.3 Å². The number of H-pyrrole nitrogens is 1. The lowest BCUT2D eigenvalue weighted by molar-refractivity contribution is 0.405. The number of halogens is 1. The molecule has 1 unspecified atom stereocenters. The van der Waals surface area contributed by atoms with Crippen LogP contribution in [-0.2, 0) is 0 Å². The largest absolute Gasteiger partial charge is 0.309 e. The minimum atomic E-state index is 0. The summed E-state index contributed by atoms with van der Waals surface area (Å²) < 4.78 is 0. The van der Waals surface area contributed by atoms with Crippen molar-refractivity contribution < 1.29 is 0 Å². The number of piperidine rings is 1. The maximum absolute atomic E-state index is 3.93. The van der Waals surface area contributed by atoms with Crippen molar-refractivity contribution in [3.8, 4) is 0 Å². The van der Waals surface area contributed by atoms with Crippen molar-refractivity contribution in [2.45, 2.75) is 25.3 Å². The predicted molar refractivity (Wildman–Crippen MR) is 50.4 cm³/mol. The van der Waals surface area contributed by atoms with E-state index >= 15 is 0 Å².